The summed E-state index contributed by atoms with van der Waals surface area (Å²) < 4.78 is 11.5. The fourth-order valence-corrected chi connectivity index (χ4v) is 3.11. The molecule has 0 atom stereocenters. The molecule has 0 saturated carbocycles. The molecule has 3 aromatic carbocycles. The van der Waals surface area contributed by atoms with Crippen molar-refractivity contribution in [3.63, 3.8) is 0 Å². The zero-order valence-electron chi connectivity index (χ0n) is 17.0. The first-order valence-corrected chi connectivity index (χ1v) is 10.2. The van der Waals surface area contributed by atoms with E-state index in [2.05, 4.69) is 26.6 Å². The molecule has 6 nitrogen and oxygen atoms in total. The normalized spacial score (nSPS) is 10.9. The van der Waals surface area contributed by atoms with Crippen molar-refractivity contribution >= 4 is 39.5 Å². The van der Waals surface area contributed by atoms with Crippen LogP contribution in [0.4, 0.5) is 5.69 Å². The van der Waals surface area contributed by atoms with Crippen molar-refractivity contribution in [3.05, 3.63) is 94.1 Å². The molecule has 31 heavy (non-hydrogen) atoms. The van der Waals surface area contributed by atoms with Gasteiger partial charge in [0.2, 0.25) is 0 Å². The number of anilines is 1. The minimum absolute atomic E-state index is 0.0733. The molecule has 158 valence electrons. The molecule has 0 aliphatic rings. The highest BCUT2D eigenvalue weighted by atomic mass is 79.9. The Morgan fingerprint density at radius 3 is 2.13 bits per heavy atom. The van der Waals surface area contributed by atoms with E-state index in [1.54, 1.807) is 54.6 Å². The van der Waals surface area contributed by atoms with Gasteiger partial charge in [-0.3, -0.25) is 9.59 Å². The van der Waals surface area contributed by atoms with Gasteiger partial charge in [0.15, 0.2) is 0 Å². The summed E-state index contributed by atoms with van der Waals surface area (Å²) in [6, 6.07) is 21.2. The van der Waals surface area contributed by atoms with Crippen LogP contribution in [0.25, 0.3) is 6.08 Å². The van der Waals surface area contributed by atoms with Gasteiger partial charge >= 0.3 is 0 Å². The number of carbonyl (C=O) groups is 2. The third-order valence-electron chi connectivity index (χ3n) is 4.38. The minimum Gasteiger partial charge on any atom is -0.496 e. The average Bonchev–Trinajstić information content (AvgIpc) is 2.80. The molecular weight excluding hydrogens is 460 g/mol. The van der Waals surface area contributed by atoms with Crippen molar-refractivity contribution in [3.8, 4) is 11.5 Å². The zero-order valence-corrected chi connectivity index (χ0v) is 18.6. The van der Waals surface area contributed by atoms with Gasteiger partial charge < -0.3 is 20.1 Å². The summed E-state index contributed by atoms with van der Waals surface area (Å²) >= 11 is 3.39. The molecule has 0 spiro atoms. The molecule has 0 bridgehead atoms. The number of para-hydroxylation sites is 3. The van der Waals surface area contributed by atoms with Crippen LogP contribution < -0.4 is 20.1 Å². The van der Waals surface area contributed by atoms with Crippen molar-refractivity contribution in [2.75, 3.05) is 19.5 Å². The molecule has 3 aromatic rings. The van der Waals surface area contributed by atoms with Gasteiger partial charge in [-0.15, -0.1) is 0 Å². The maximum absolute atomic E-state index is 13.1. The first-order valence-electron chi connectivity index (χ1n) is 9.38. The molecule has 0 fully saturated rings. The third-order valence-corrected chi connectivity index (χ3v) is 4.91. The molecule has 0 aromatic heterocycles. The Balaban J connectivity index is 1.93. The van der Waals surface area contributed by atoms with Crippen molar-refractivity contribution < 1.29 is 19.1 Å². The second kappa shape index (κ2) is 10.4. The minimum atomic E-state index is -0.490. The van der Waals surface area contributed by atoms with E-state index in [1.807, 2.05) is 24.3 Å². The Hall–Kier alpha value is -3.58. The van der Waals surface area contributed by atoms with Gasteiger partial charge in [-0.05, 0) is 48.0 Å². The van der Waals surface area contributed by atoms with E-state index >= 15 is 0 Å². The SMILES string of the molecule is COc1ccccc1NC(=O)/C(=C\c1ccc(Br)cc1)NC(=O)c1ccccc1OC. The Morgan fingerprint density at radius 1 is 0.839 bits per heavy atom. The van der Waals surface area contributed by atoms with Crippen molar-refractivity contribution in [1.29, 1.82) is 0 Å². The number of benzene rings is 3. The maximum atomic E-state index is 13.1. The van der Waals surface area contributed by atoms with Crippen LogP contribution >= 0.6 is 15.9 Å². The summed E-state index contributed by atoms with van der Waals surface area (Å²) in [4.78, 5) is 26.0. The van der Waals surface area contributed by atoms with E-state index in [4.69, 9.17) is 9.47 Å². The summed E-state index contributed by atoms with van der Waals surface area (Å²) in [5, 5.41) is 5.50. The van der Waals surface area contributed by atoms with Gasteiger partial charge in [0.25, 0.3) is 11.8 Å². The summed E-state index contributed by atoms with van der Waals surface area (Å²) in [6.07, 6.45) is 1.60. The van der Waals surface area contributed by atoms with E-state index in [0.717, 1.165) is 10.0 Å². The van der Waals surface area contributed by atoms with Crippen LogP contribution in [-0.2, 0) is 4.79 Å². The smallest absolute Gasteiger partial charge is 0.272 e. The molecule has 0 radical (unpaired) electrons. The number of amides is 2. The molecular formula is C24H21BrN2O4. The van der Waals surface area contributed by atoms with Crippen LogP contribution in [0.3, 0.4) is 0 Å². The van der Waals surface area contributed by atoms with Crippen LogP contribution in [-0.4, -0.2) is 26.0 Å². The predicted octanol–water partition coefficient (Wildman–Crippen LogP) is 4.88. The van der Waals surface area contributed by atoms with Crippen molar-refractivity contribution in [1.82, 2.24) is 5.32 Å². The largest absolute Gasteiger partial charge is 0.496 e. The van der Waals surface area contributed by atoms with Crippen LogP contribution in [0.5, 0.6) is 11.5 Å². The van der Waals surface area contributed by atoms with Gasteiger partial charge in [0, 0.05) is 4.47 Å². The monoisotopic (exact) mass is 480 g/mol. The van der Waals surface area contributed by atoms with Crippen molar-refractivity contribution in [2.24, 2.45) is 0 Å². The Morgan fingerprint density at radius 2 is 1.45 bits per heavy atom. The van der Waals surface area contributed by atoms with E-state index in [-0.39, 0.29) is 5.70 Å². The summed E-state index contributed by atoms with van der Waals surface area (Å²) in [7, 11) is 3.01. The molecule has 0 unspecified atom stereocenters. The lowest BCUT2D eigenvalue weighted by atomic mass is 10.1. The van der Waals surface area contributed by atoms with Gasteiger partial charge in [-0.25, -0.2) is 0 Å². The predicted molar refractivity (Wildman–Crippen MR) is 124 cm³/mol. The van der Waals surface area contributed by atoms with Gasteiger partial charge in [-0.1, -0.05) is 52.3 Å². The summed E-state index contributed by atoms with van der Waals surface area (Å²) in [6.45, 7) is 0. The number of nitrogens with one attached hydrogen (secondary N) is 2. The fourth-order valence-electron chi connectivity index (χ4n) is 2.84. The lowest BCUT2D eigenvalue weighted by Crippen LogP contribution is -2.31. The maximum Gasteiger partial charge on any atom is 0.272 e. The lowest BCUT2D eigenvalue weighted by molar-refractivity contribution is -0.113. The quantitative estimate of drug-likeness (QED) is 0.472. The molecule has 0 saturated heterocycles. The number of methoxy groups -OCH3 is 2. The second-order valence-corrected chi connectivity index (χ2v) is 7.33. The van der Waals surface area contributed by atoms with Crippen LogP contribution in [0.1, 0.15) is 15.9 Å². The summed E-state index contributed by atoms with van der Waals surface area (Å²) in [5.41, 5.74) is 1.62. The highest BCUT2D eigenvalue weighted by Crippen LogP contribution is 2.24. The Labute approximate surface area is 189 Å². The topological polar surface area (TPSA) is 76.7 Å². The third kappa shape index (κ3) is 5.73. The molecule has 2 N–H and O–H groups in total. The Kier molecular flexibility index (Phi) is 7.45. The first-order chi connectivity index (χ1) is 15.0. The van der Waals surface area contributed by atoms with Crippen LogP contribution in [0.15, 0.2) is 83.0 Å². The highest BCUT2D eigenvalue weighted by Gasteiger charge is 2.18. The molecule has 2 amide bonds. The van der Waals surface area contributed by atoms with Crippen LogP contribution in [0, 0.1) is 0 Å². The molecule has 0 aliphatic heterocycles. The zero-order chi connectivity index (χ0) is 22.2. The van der Waals surface area contributed by atoms with Gasteiger partial charge in [0.1, 0.15) is 17.2 Å². The number of carbonyl (C=O) groups excluding carboxylic acids is 2. The van der Waals surface area contributed by atoms with E-state index in [1.165, 1.54) is 14.2 Å². The van der Waals surface area contributed by atoms with Crippen LogP contribution in [0.2, 0.25) is 0 Å². The molecule has 0 heterocycles. The summed E-state index contributed by atoms with van der Waals surface area (Å²) in [5.74, 6) is -0.0327. The molecule has 3 rings (SSSR count). The molecule has 7 heteroatoms. The van der Waals surface area contributed by atoms with E-state index in [0.29, 0.717) is 22.7 Å². The average molecular weight is 481 g/mol. The van der Waals surface area contributed by atoms with Crippen molar-refractivity contribution in [2.45, 2.75) is 0 Å². The lowest BCUT2D eigenvalue weighted by Gasteiger charge is -2.14. The highest BCUT2D eigenvalue weighted by molar-refractivity contribution is 9.10. The standard InChI is InChI=1S/C24H21BrN2O4/c1-30-21-9-5-3-7-18(21)23(28)27-20(15-16-11-13-17(25)14-12-16)24(29)26-19-8-4-6-10-22(19)31-2/h3-15H,1-2H3,(H,26,29)(H,27,28)/b20-15+. The Bertz CT molecular complexity index is 1110. The fraction of sp³-hybridized carbons (Fsp3) is 0.0833. The van der Waals surface area contributed by atoms with Gasteiger partial charge in [-0.2, -0.15) is 0 Å². The molecule has 0 aliphatic carbocycles. The second-order valence-electron chi connectivity index (χ2n) is 6.42. The van der Waals surface area contributed by atoms with E-state index < -0.39 is 11.8 Å². The number of hydrogen-bond donors (Lipinski definition) is 2. The first kappa shape index (κ1) is 22.1. The number of rotatable bonds is 7. The number of hydrogen-bond acceptors (Lipinski definition) is 4. The number of ether oxygens (including phenoxy) is 2. The van der Waals surface area contributed by atoms with E-state index in [9.17, 15) is 9.59 Å². The van der Waals surface area contributed by atoms with Gasteiger partial charge in [0.05, 0.1) is 25.5 Å². The number of halogens is 1.